The van der Waals surface area contributed by atoms with Gasteiger partial charge in [-0.3, -0.25) is 4.40 Å². The molecule has 22 heavy (non-hydrogen) atoms. The summed E-state index contributed by atoms with van der Waals surface area (Å²) >= 11 is 0. The molecule has 0 radical (unpaired) electrons. The van der Waals surface area contributed by atoms with Gasteiger partial charge in [-0.15, -0.1) is 0 Å². The van der Waals surface area contributed by atoms with Crippen molar-refractivity contribution in [2.45, 2.75) is 53.4 Å². The predicted octanol–water partition coefficient (Wildman–Crippen LogP) is 4.58. The highest BCUT2D eigenvalue weighted by Crippen LogP contribution is 2.29. The molecular formula is C18H26N4. The van der Waals surface area contributed by atoms with Crippen LogP contribution in [-0.4, -0.2) is 14.4 Å². The Labute approximate surface area is 132 Å². The van der Waals surface area contributed by atoms with Crippen LogP contribution in [0, 0.1) is 0 Å². The highest BCUT2D eigenvalue weighted by molar-refractivity contribution is 5.82. The predicted molar refractivity (Wildman–Crippen MR) is 93.8 cm³/mol. The molecule has 0 aromatic carbocycles. The molecule has 2 rings (SSSR count). The average molecular weight is 298 g/mol. The van der Waals surface area contributed by atoms with Crippen LogP contribution < -0.4 is 5.73 Å². The first kappa shape index (κ1) is 16.3. The largest absolute Gasteiger partial charge is 0.382 e. The van der Waals surface area contributed by atoms with Gasteiger partial charge in [0, 0.05) is 18.3 Å². The molecule has 0 saturated heterocycles. The van der Waals surface area contributed by atoms with Crippen molar-refractivity contribution in [2.24, 2.45) is 0 Å². The molecule has 2 heterocycles. The van der Waals surface area contributed by atoms with E-state index in [1.165, 1.54) is 5.57 Å². The van der Waals surface area contributed by atoms with Crippen molar-refractivity contribution in [1.29, 1.82) is 0 Å². The number of anilines is 1. The van der Waals surface area contributed by atoms with Crippen LogP contribution in [0.5, 0.6) is 0 Å². The third-order valence-corrected chi connectivity index (χ3v) is 3.81. The summed E-state index contributed by atoms with van der Waals surface area (Å²) in [5, 5.41) is 0. The molecule has 2 N–H and O–H groups in total. The van der Waals surface area contributed by atoms with Gasteiger partial charge in [0.2, 0.25) is 0 Å². The summed E-state index contributed by atoms with van der Waals surface area (Å²) in [6.07, 6.45) is 10.1. The number of nitrogen functional groups attached to an aromatic ring is 1. The summed E-state index contributed by atoms with van der Waals surface area (Å²) in [4.78, 5) is 9.13. The summed E-state index contributed by atoms with van der Waals surface area (Å²) in [6, 6.07) is 0. The Morgan fingerprint density at radius 2 is 2.05 bits per heavy atom. The van der Waals surface area contributed by atoms with E-state index in [1.54, 1.807) is 6.20 Å². The second-order valence-electron chi connectivity index (χ2n) is 6.13. The Balaban J connectivity index is 2.64. The quantitative estimate of drug-likeness (QED) is 0.822. The summed E-state index contributed by atoms with van der Waals surface area (Å²) in [5.74, 6) is 1.99. The fraction of sp³-hybridized carbons (Fsp3) is 0.444. The molecule has 1 unspecified atom stereocenters. The minimum absolute atomic E-state index is 0.393. The van der Waals surface area contributed by atoms with Crippen molar-refractivity contribution in [3.8, 4) is 0 Å². The molecule has 1 atom stereocenters. The summed E-state index contributed by atoms with van der Waals surface area (Å²) < 4.78 is 2.10. The van der Waals surface area contributed by atoms with E-state index in [2.05, 4.69) is 56.2 Å². The van der Waals surface area contributed by atoms with Crippen molar-refractivity contribution in [2.75, 3.05) is 5.73 Å². The van der Waals surface area contributed by atoms with Gasteiger partial charge in [-0.25, -0.2) is 9.97 Å². The normalized spacial score (nSPS) is 13.4. The van der Waals surface area contributed by atoms with Crippen molar-refractivity contribution < 1.29 is 0 Å². The first-order valence-corrected chi connectivity index (χ1v) is 7.90. The number of allylic oxidation sites excluding steroid dienone is 4. The number of fused-ring (bicyclic) bond motifs is 1. The molecule has 2 aromatic rings. The van der Waals surface area contributed by atoms with Crippen LogP contribution in [0.15, 0.2) is 30.1 Å². The van der Waals surface area contributed by atoms with Crippen LogP contribution in [0.4, 0.5) is 5.82 Å². The SMILES string of the molecule is CCCC(C)c1nc(C(C)=CC=C(C)C)c2c(N)nccn12. The van der Waals surface area contributed by atoms with Gasteiger partial charge in [-0.1, -0.05) is 38.0 Å². The van der Waals surface area contributed by atoms with E-state index >= 15 is 0 Å². The zero-order chi connectivity index (χ0) is 16.3. The fourth-order valence-corrected chi connectivity index (χ4v) is 2.64. The smallest absolute Gasteiger partial charge is 0.150 e. The molecular weight excluding hydrogens is 272 g/mol. The Kier molecular flexibility index (Phi) is 5.01. The van der Waals surface area contributed by atoms with Crippen molar-refractivity contribution in [1.82, 2.24) is 14.4 Å². The highest BCUT2D eigenvalue weighted by Gasteiger charge is 2.18. The maximum atomic E-state index is 6.12. The fourth-order valence-electron chi connectivity index (χ4n) is 2.64. The maximum absolute atomic E-state index is 6.12. The molecule has 0 spiro atoms. The Hall–Kier alpha value is -2.10. The van der Waals surface area contributed by atoms with Gasteiger partial charge in [-0.2, -0.15) is 0 Å². The summed E-state index contributed by atoms with van der Waals surface area (Å²) in [5.41, 5.74) is 10.3. The van der Waals surface area contributed by atoms with Crippen LogP contribution in [0.2, 0.25) is 0 Å². The zero-order valence-corrected chi connectivity index (χ0v) is 14.2. The van der Waals surface area contributed by atoms with Crippen molar-refractivity contribution in [3.63, 3.8) is 0 Å². The van der Waals surface area contributed by atoms with Crippen LogP contribution >= 0.6 is 0 Å². The van der Waals surface area contributed by atoms with E-state index in [0.717, 1.165) is 35.4 Å². The number of aromatic nitrogens is 3. The van der Waals surface area contributed by atoms with E-state index in [-0.39, 0.29) is 0 Å². The number of nitrogens with two attached hydrogens (primary N) is 1. The molecule has 0 aliphatic heterocycles. The van der Waals surface area contributed by atoms with Crippen molar-refractivity contribution >= 4 is 16.9 Å². The van der Waals surface area contributed by atoms with E-state index in [9.17, 15) is 0 Å². The van der Waals surface area contributed by atoms with Crippen LogP contribution in [0.25, 0.3) is 11.1 Å². The standard InChI is InChI=1S/C18H26N4/c1-6-7-14(5)18-21-15(13(4)9-8-12(2)3)16-17(19)20-10-11-22(16)18/h8-11,14H,6-7H2,1-5H3,(H2,19,20). The molecule has 0 aliphatic rings. The van der Waals surface area contributed by atoms with Gasteiger partial charge in [0.15, 0.2) is 0 Å². The van der Waals surface area contributed by atoms with Crippen LogP contribution in [-0.2, 0) is 0 Å². The Bertz CT molecular complexity index is 718. The van der Waals surface area contributed by atoms with Crippen LogP contribution in [0.3, 0.4) is 0 Å². The molecule has 4 heteroatoms. The van der Waals surface area contributed by atoms with Gasteiger partial charge < -0.3 is 5.73 Å². The highest BCUT2D eigenvalue weighted by atomic mass is 15.1. The van der Waals surface area contributed by atoms with Gasteiger partial charge in [0.05, 0.1) is 5.69 Å². The van der Waals surface area contributed by atoms with Gasteiger partial charge in [0.1, 0.15) is 17.2 Å². The van der Waals surface area contributed by atoms with Crippen LogP contribution in [0.1, 0.15) is 64.9 Å². The lowest BCUT2D eigenvalue weighted by atomic mass is 10.1. The maximum Gasteiger partial charge on any atom is 0.150 e. The molecule has 0 fully saturated rings. The van der Waals surface area contributed by atoms with Gasteiger partial charge in [0.25, 0.3) is 0 Å². The lowest BCUT2D eigenvalue weighted by molar-refractivity contribution is 0.624. The second-order valence-corrected chi connectivity index (χ2v) is 6.13. The number of imidazole rings is 1. The van der Waals surface area contributed by atoms with Gasteiger partial charge in [-0.05, 0) is 32.8 Å². The lowest BCUT2D eigenvalue weighted by Crippen LogP contribution is -2.02. The second kappa shape index (κ2) is 6.77. The average Bonchev–Trinajstić information content (AvgIpc) is 2.86. The summed E-state index contributed by atoms with van der Waals surface area (Å²) in [6.45, 7) is 10.7. The third-order valence-electron chi connectivity index (χ3n) is 3.81. The number of nitrogens with zero attached hydrogens (tertiary/aromatic N) is 3. The monoisotopic (exact) mass is 298 g/mol. The van der Waals surface area contributed by atoms with E-state index in [0.29, 0.717) is 11.7 Å². The topological polar surface area (TPSA) is 56.2 Å². The molecule has 0 amide bonds. The molecule has 4 nitrogen and oxygen atoms in total. The molecule has 2 aromatic heterocycles. The lowest BCUT2D eigenvalue weighted by Gasteiger charge is -2.08. The van der Waals surface area contributed by atoms with Gasteiger partial charge >= 0.3 is 0 Å². The Morgan fingerprint density at radius 1 is 1.32 bits per heavy atom. The van der Waals surface area contributed by atoms with E-state index in [1.807, 2.05) is 6.20 Å². The minimum atomic E-state index is 0.393. The minimum Gasteiger partial charge on any atom is -0.382 e. The number of rotatable bonds is 5. The zero-order valence-electron chi connectivity index (χ0n) is 14.2. The summed E-state index contributed by atoms with van der Waals surface area (Å²) in [7, 11) is 0. The van der Waals surface area contributed by atoms with E-state index < -0.39 is 0 Å². The first-order chi connectivity index (χ1) is 10.5. The van der Waals surface area contributed by atoms with Crippen molar-refractivity contribution in [3.05, 3.63) is 41.6 Å². The Morgan fingerprint density at radius 3 is 2.68 bits per heavy atom. The molecule has 0 saturated carbocycles. The number of hydrogen-bond donors (Lipinski definition) is 1. The first-order valence-electron chi connectivity index (χ1n) is 7.90. The van der Waals surface area contributed by atoms with E-state index in [4.69, 9.17) is 10.7 Å². The molecule has 0 bridgehead atoms. The number of hydrogen-bond acceptors (Lipinski definition) is 3. The molecule has 118 valence electrons. The molecule has 0 aliphatic carbocycles. The third kappa shape index (κ3) is 3.21.